The van der Waals surface area contributed by atoms with Crippen LogP contribution in [0.1, 0.15) is 31.2 Å². The van der Waals surface area contributed by atoms with Crippen molar-refractivity contribution in [2.24, 2.45) is 11.1 Å². The summed E-state index contributed by atoms with van der Waals surface area (Å²) in [5, 5.41) is 0. The normalized spacial score (nSPS) is 19.4. The Morgan fingerprint density at radius 2 is 2.19 bits per heavy atom. The Kier molecular flexibility index (Phi) is 3.66. The van der Waals surface area contributed by atoms with Gasteiger partial charge in [-0.15, -0.1) is 0 Å². The monoisotopic (exact) mass is 222 g/mol. The molecule has 0 atom stereocenters. The van der Waals surface area contributed by atoms with E-state index in [1.165, 1.54) is 31.2 Å². The van der Waals surface area contributed by atoms with E-state index >= 15 is 0 Å². The Balaban J connectivity index is 1.88. The molecule has 1 aliphatic rings. The van der Waals surface area contributed by atoms with Crippen molar-refractivity contribution in [2.45, 2.75) is 32.2 Å². The second kappa shape index (κ2) is 5.02. The van der Waals surface area contributed by atoms with Crippen molar-refractivity contribution >= 4 is 0 Å². The van der Waals surface area contributed by atoms with Crippen LogP contribution >= 0.6 is 0 Å². The highest BCUT2D eigenvalue weighted by molar-refractivity contribution is 5.05. The van der Waals surface area contributed by atoms with Crippen molar-refractivity contribution in [1.82, 2.24) is 4.90 Å². The van der Waals surface area contributed by atoms with Gasteiger partial charge in [0.1, 0.15) is 0 Å². The largest absolute Gasteiger partial charge is 0.472 e. The first-order valence-electron chi connectivity index (χ1n) is 6.14. The molecule has 16 heavy (non-hydrogen) atoms. The molecular formula is C13H22N2O. The Bertz CT molecular complexity index is 302. The first-order valence-corrected chi connectivity index (χ1v) is 6.14. The molecular weight excluding hydrogens is 200 g/mol. The van der Waals surface area contributed by atoms with Crippen LogP contribution in [-0.4, -0.2) is 25.0 Å². The number of rotatable bonds is 5. The maximum absolute atomic E-state index is 5.95. The first kappa shape index (κ1) is 11.7. The highest BCUT2D eigenvalue weighted by Gasteiger charge is 2.33. The van der Waals surface area contributed by atoms with Crippen LogP contribution < -0.4 is 5.73 Å². The van der Waals surface area contributed by atoms with Crippen LogP contribution in [0.25, 0.3) is 0 Å². The van der Waals surface area contributed by atoms with Gasteiger partial charge in [0.05, 0.1) is 12.5 Å². The second-order valence-electron chi connectivity index (χ2n) is 5.22. The molecule has 1 heterocycles. The standard InChI is InChI=1S/C13H22N2O/c1-15(8-12-4-7-16-9-12)11-13(10-14)5-2-3-6-13/h4,7,9H,2-3,5-6,8,10-11,14H2,1H3. The van der Waals surface area contributed by atoms with Gasteiger partial charge in [-0.3, -0.25) is 0 Å². The van der Waals surface area contributed by atoms with E-state index in [1.54, 1.807) is 6.26 Å². The van der Waals surface area contributed by atoms with Gasteiger partial charge in [-0.2, -0.15) is 0 Å². The topological polar surface area (TPSA) is 42.4 Å². The van der Waals surface area contributed by atoms with Crippen molar-refractivity contribution in [3.8, 4) is 0 Å². The zero-order valence-corrected chi connectivity index (χ0v) is 10.1. The summed E-state index contributed by atoms with van der Waals surface area (Å²) in [5.74, 6) is 0. The van der Waals surface area contributed by atoms with Gasteiger partial charge in [0, 0.05) is 18.7 Å². The van der Waals surface area contributed by atoms with E-state index in [2.05, 4.69) is 11.9 Å². The van der Waals surface area contributed by atoms with Crippen molar-refractivity contribution in [2.75, 3.05) is 20.1 Å². The van der Waals surface area contributed by atoms with Gasteiger partial charge in [-0.25, -0.2) is 0 Å². The molecule has 0 radical (unpaired) electrons. The summed E-state index contributed by atoms with van der Waals surface area (Å²) in [6.45, 7) is 2.88. The van der Waals surface area contributed by atoms with Crippen LogP contribution in [0.5, 0.6) is 0 Å². The van der Waals surface area contributed by atoms with E-state index in [9.17, 15) is 0 Å². The average molecular weight is 222 g/mol. The summed E-state index contributed by atoms with van der Waals surface area (Å²) < 4.78 is 5.09. The van der Waals surface area contributed by atoms with E-state index in [-0.39, 0.29) is 0 Å². The molecule has 3 heteroatoms. The molecule has 2 N–H and O–H groups in total. The van der Waals surface area contributed by atoms with Crippen LogP contribution in [0.3, 0.4) is 0 Å². The summed E-state index contributed by atoms with van der Waals surface area (Å²) in [4.78, 5) is 2.36. The van der Waals surface area contributed by atoms with Gasteiger partial charge in [-0.05, 0) is 37.9 Å². The molecule has 0 amide bonds. The third-order valence-electron chi connectivity index (χ3n) is 3.74. The van der Waals surface area contributed by atoms with Crippen LogP contribution in [-0.2, 0) is 6.54 Å². The predicted molar refractivity (Wildman–Crippen MR) is 65.0 cm³/mol. The zero-order chi connectivity index (χ0) is 11.4. The summed E-state index contributed by atoms with van der Waals surface area (Å²) in [7, 11) is 2.17. The molecule has 2 rings (SSSR count). The number of hydrogen-bond acceptors (Lipinski definition) is 3. The van der Waals surface area contributed by atoms with E-state index in [1.807, 2.05) is 12.3 Å². The number of nitrogens with two attached hydrogens (primary N) is 1. The van der Waals surface area contributed by atoms with Crippen LogP contribution in [0, 0.1) is 5.41 Å². The first-order chi connectivity index (χ1) is 7.74. The van der Waals surface area contributed by atoms with Gasteiger partial charge in [-0.1, -0.05) is 12.8 Å². The minimum atomic E-state index is 0.373. The molecule has 0 bridgehead atoms. The van der Waals surface area contributed by atoms with Gasteiger partial charge in [0.25, 0.3) is 0 Å². The van der Waals surface area contributed by atoms with E-state index in [4.69, 9.17) is 10.2 Å². The number of nitrogens with zero attached hydrogens (tertiary/aromatic N) is 1. The molecule has 1 aromatic rings. The quantitative estimate of drug-likeness (QED) is 0.830. The van der Waals surface area contributed by atoms with Crippen molar-refractivity contribution in [3.05, 3.63) is 24.2 Å². The summed E-state index contributed by atoms with van der Waals surface area (Å²) in [6, 6.07) is 2.03. The van der Waals surface area contributed by atoms with Gasteiger partial charge >= 0.3 is 0 Å². The lowest BCUT2D eigenvalue weighted by Crippen LogP contribution is -2.38. The maximum Gasteiger partial charge on any atom is 0.0947 e. The third-order valence-corrected chi connectivity index (χ3v) is 3.74. The molecule has 0 aromatic carbocycles. The van der Waals surface area contributed by atoms with E-state index in [0.717, 1.165) is 19.6 Å². The molecule has 0 unspecified atom stereocenters. The van der Waals surface area contributed by atoms with Crippen LogP contribution in [0.2, 0.25) is 0 Å². The Labute approximate surface area is 97.6 Å². The highest BCUT2D eigenvalue weighted by atomic mass is 16.3. The summed E-state index contributed by atoms with van der Waals surface area (Å²) >= 11 is 0. The SMILES string of the molecule is CN(Cc1ccoc1)CC1(CN)CCCC1. The minimum absolute atomic E-state index is 0.373. The molecule has 1 fully saturated rings. The molecule has 0 aliphatic heterocycles. The van der Waals surface area contributed by atoms with Gasteiger partial charge in [0.15, 0.2) is 0 Å². The third kappa shape index (κ3) is 2.66. The second-order valence-corrected chi connectivity index (χ2v) is 5.22. The smallest absolute Gasteiger partial charge is 0.0947 e. The molecule has 1 aliphatic carbocycles. The van der Waals surface area contributed by atoms with E-state index in [0.29, 0.717) is 5.41 Å². The number of hydrogen-bond donors (Lipinski definition) is 1. The summed E-state index contributed by atoms with van der Waals surface area (Å²) in [6.07, 6.45) is 8.82. The molecule has 3 nitrogen and oxygen atoms in total. The molecule has 0 saturated heterocycles. The lowest BCUT2D eigenvalue weighted by molar-refractivity contribution is 0.179. The number of furan rings is 1. The molecule has 1 aromatic heterocycles. The fourth-order valence-electron chi connectivity index (χ4n) is 2.87. The zero-order valence-electron chi connectivity index (χ0n) is 10.1. The minimum Gasteiger partial charge on any atom is -0.472 e. The van der Waals surface area contributed by atoms with Gasteiger partial charge < -0.3 is 15.1 Å². The Morgan fingerprint density at radius 1 is 1.44 bits per heavy atom. The van der Waals surface area contributed by atoms with Crippen molar-refractivity contribution in [3.63, 3.8) is 0 Å². The summed E-state index contributed by atoms with van der Waals surface area (Å²) in [5.41, 5.74) is 7.56. The van der Waals surface area contributed by atoms with Crippen molar-refractivity contribution < 1.29 is 4.42 Å². The fraction of sp³-hybridized carbons (Fsp3) is 0.692. The lowest BCUT2D eigenvalue weighted by Gasteiger charge is -2.32. The lowest BCUT2D eigenvalue weighted by atomic mass is 9.86. The Hall–Kier alpha value is -0.800. The van der Waals surface area contributed by atoms with Crippen LogP contribution in [0.15, 0.2) is 23.0 Å². The molecule has 0 spiro atoms. The van der Waals surface area contributed by atoms with Crippen molar-refractivity contribution in [1.29, 1.82) is 0 Å². The molecule has 90 valence electrons. The van der Waals surface area contributed by atoms with Crippen LogP contribution in [0.4, 0.5) is 0 Å². The predicted octanol–water partition coefficient (Wildman–Crippen LogP) is 2.23. The average Bonchev–Trinajstić information content (AvgIpc) is 2.90. The van der Waals surface area contributed by atoms with Gasteiger partial charge in [0.2, 0.25) is 0 Å². The Morgan fingerprint density at radius 3 is 2.75 bits per heavy atom. The van der Waals surface area contributed by atoms with E-state index < -0.39 is 0 Å². The highest BCUT2D eigenvalue weighted by Crippen LogP contribution is 2.37. The molecule has 1 saturated carbocycles. The maximum atomic E-state index is 5.95. The fourth-order valence-corrected chi connectivity index (χ4v) is 2.87.